The topological polar surface area (TPSA) is 30.2 Å². The first-order valence-electron chi connectivity index (χ1n) is 8.63. The number of carbonyl (C=O) groups excluding carboxylic acids is 1. The second-order valence-corrected chi connectivity index (χ2v) is 6.62. The quantitative estimate of drug-likeness (QED) is 0.343. The van der Waals surface area contributed by atoms with Gasteiger partial charge < -0.3 is 4.74 Å². The highest BCUT2D eigenvalue weighted by molar-refractivity contribution is 6.30. The van der Waals surface area contributed by atoms with Gasteiger partial charge >= 0.3 is 5.88 Å². The Hall–Kier alpha value is -3.17. The van der Waals surface area contributed by atoms with Crippen molar-refractivity contribution in [2.24, 2.45) is 0 Å². The number of pyridine rings is 1. The van der Waals surface area contributed by atoms with Gasteiger partial charge in [0.25, 0.3) is 0 Å². The molecule has 27 heavy (non-hydrogen) atoms. The third kappa shape index (κ3) is 3.83. The lowest BCUT2D eigenvalue weighted by Gasteiger charge is -2.09. The first kappa shape index (κ1) is 17.3. The molecule has 0 unspecified atom stereocenters. The Labute approximate surface area is 162 Å². The van der Waals surface area contributed by atoms with Crippen molar-refractivity contribution in [1.29, 1.82) is 0 Å². The highest BCUT2D eigenvalue weighted by atomic mass is 35.5. The summed E-state index contributed by atoms with van der Waals surface area (Å²) in [6, 6.07) is 26.4. The summed E-state index contributed by atoms with van der Waals surface area (Å²) in [5.41, 5.74) is 0.673. The summed E-state index contributed by atoms with van der Waals surface area (Å²) in [7, 11) is 0. The van der Waals surface area contributed by atoms with Crippen LogP contribution in [0.3, 0.4) is 0 Å². The maximum Gasteiger partial charge on any atom is 0.381 e. The average molecular weight is 375 g/mol. The van der Waals surface area contributed by atoms with Crippen molar-refractivity contribution in [3.63, 3.8) is 0 Å². The summed E-state index contributed by atoms with van der Waals surface area (Å²) in [4.78, 5) is 12.7. The molecule has 4 heteroatoms. The van der Waals surface area contributed by atoms with E-state index in [2.05, 4.69) is 0 Å². The molecule has 4 aromatic rings. The maximum absolute atomic E-state index is 12.7. The number of ether oxygens (including phenoxy) is 1. The van der Waals surface area contributed by atoms with E-state index < -0.39 is 0 Å². The van der Waals surface area contributed by atoms with Crippen LogP contribution in [0.2, 0.25) is 5.02 Å². The van der Waals surface area contributed by atoms with Gasteiger partial charge in [0.15, 0.2) is 6.20 Å². The number of ketones is 1. The summed E-state index contributed by atoms with van der Waals surface area (Å²) in [5.74, 6) is 1.26. The minimum Gasteiger partial charge on any atom is -0.405 e. The van der Waals surface area contributed by atoms with Gasteiger partial charge in [-0.3, -0.25) is 4.79 Å². The van der Waals surface area contributed by atoms with Crippen LogP contribution < -0.4 is 9.30 Å². The number of carbonyl (C=O) groups is 1. The highest BCUT2D eigenvalue weighted by Crippen LogP contribution is 2.28. The molecule has 0 amide bonds. The van der Waals surface area contributed by atoms with Crippen molar-refractivity contribution >= 4 is 28.2 Å². The van der Waals surface area contributed by atoms with Gasteiger partial charge in [-0.1, -0.05) is 66.2 Å². The number of hydrogen-bond donors (Lipinski definition) is 0. The van der Waals surface area contributed by atoms with Gasteiger partial charge in [0.1, 0.15) is 5.75 Å². The van der Waals surface area contributed by atoms with Crippen LogP contribution >= 0.6 is 11.6 Å². The van der Waals surface area contributed by atoms with Crippen LogP contribution in [0.1, 0.15) is 10.4 Å². The standard InChI is InChI=1S/C23H17ClNO2/c24-19-10-6-11-20(15-19)27-23-21-12-5-4-7-17(21)13-14-25(23)16-22(26)18-8-2-1-3-9-18/h1-15H,16H2/q+1. The lowest BCUT2D eigenvalue weighted by Crippen LogP contribution is -2.39. The van der Waals surface area contributed by atoms with Crippen LogP contribution in [0.4, 0.5) is 0 Å². The number of rotatable bonds is 5. The first-order chi connectivity index (χ1) is 13.2. The van der Waals surface area contributed by atoms with Crippen molar-refractivity contribution in [3.8, 4) is 11.6 Å². The van der Waals surface area contributed by atoms with E-state index >= 15 is 0 Å². The normalized spacial score (nSPS) is 10.7. The number of fused-ring (bicyclic) bond motifs is 1. The zero-order valence-electron chi connectivity index (χ0n) is 14.5. The lowest BCUT2D eigenvalue weighted by molar-refractivity contribution is -0.685. The van der Waals surface area contributed by atoms with Gasteiger partial charge in [0, 0.05) is 16.7 Å². The molecule has 4 rings (SSSR count). The highest BCUT2D eigenvalue weighted by Gasteiger charge is 2.21. The Kier molecular flexibility index (Phi) is 4.86. The predicted molar refractivity (Wildman–Crippen MR) is 106 cm³/mol. The predicted octanol–water partition coefficient (Wildman–Crippen LogP) is 5.46. The number of aromatic nitrogens is 1. The molecule has 0 fully saturated rings. The smallest absolute Gasteiger partial charge is 0.381 e. The molecular weight excluding hydrogens is 358 g/mol. The van der Waals surface area contributed by atoms with Crippen LogP contribution in [0.5, 0.6) is 11.6 Å². The molecule has 1 aromatic heterocycles. The van der Waals surface area contributed by atoms with E-state index in [-0.39, 0.29) is 12.3 Å². The van der Waals surface area contributed by atoms with Crippen molar-refractivity contribution in [1.82, 2.24) is 0 Å². The fourth-order valence-electron chi connectivity index (χ4n) is 2.98. The van der Waals surface area contributed by atoms with Crippen molar-refractivity contribution in [2.75, 3.05) is 0 Å². The van der Waals surface area contributed by atoms with Gasteiger partial charge in [-0.25, -0.2) is 0 Å². The molecule has 3 nitrogen and oxygen atoms in total. The maximum atomic E-state index is 12.7. The van der Waals surface area contributed by atoms with E-state index in [1.54, 1.807) is 12.1 Å². The molecule has 0 radical (unpaired) electrons. The van der Waals surface area contributed by atoms with Gasteiger partial charge in [0.2, 0.25) is 12.3 Å². The summed E-state index contributed by atoms with van der Waals surface area (Å²) >= 11 is 6.09. The molecule has 3 aromatic carbocycles. The Morgan fingerprint density at radius 1 is 0.889 bits per heavy atom. The van der Waals surface area contributed by atoms with Gasteiger partial charge in [-0.15, -0.1) is 0 Å². The van der Waals surface area contributed by atoms with Crippen molar-refractivity contribution in [2.45, 2.75) is 6.54 Å². The molecule has 0 saturated carbocycles. The van der Waals surface area contributed by atoms with Crippen LogP contribution in [0.15, 0.2) is 91.1 Å². The summed E-state index contributed by atoms with van der Waals surface area (Å²) in [6.45, 7) is 0.185. The molecule has 0 saturated heterocycles. The minimum absolute atomic E-state index is 0.0202. The Morgan fingerprint density at radius 3 is 2.48 bits per heavy atom. The molecular formula is C23H17ClNO2+. The van der Waals surface area contributed by atoms with E-state index in [0.29, 0.717) is 22.2 Å². The second kappa shape index (κ2) is 7.60. The molecule has 0 aliphatic heterocycles. The number of nitrogens with zero attached hydrogens (tertiary/aromatic N) is 1. The van der Waals surface area contributed by atoms with Gasteiger partial charge in [-0.2, -0.15) is 4.57 Å². The number of halogens is 1. The second-order valence-electron chi connectivity index (χ2n) is 6.18. The van der Waals surface area contributed by atoms with E-state index in [1.165, 1.54) is 0 Å². The monoisotopic (exact) mass is 374 g/mol. The molecule has 1 heterocycles. The minimum atomic E-state index is 0.0202. The SMILES string of the molecule is O=C(C[n+]1ccc2ccccc2c1Oc1cccc(Cl)c1)c1ccccc1. The summed E-state index contributed by atoms with van der Waals surface area (Å²) in [6.07, 6.45) is 1.88. The zero-order chi connectivity index (χ0) is 18.6. The molecule has 0 aliphatic rings. The molecule has 0 N–H and O–H groups in total. The molecule has 0 atom stereocenters. The fraction of sp³-hybridized carbons (Fsp3) is 0.0435. The summed E-state index contributed by atoms with van der Waals surface area (Å²) in [5, 5.41) is 2.57. The molecule has 0 aliphatic carbocycles. The number of hydrogen-bond acceptors (Lipinski definition) is 2. The molecule has 0 bridgehead atoms. The van der Waals surface area contributed by atoms with Gasteiger partial charge in [0.05, 0.1) is 5.39 Å². The largest absolute Gasteiger partial charge is 0.405 e. The Bertz CT molecular complexity index is 1110. The van der Waals surface area contributed by atoms with Crippen molar-refractivity contribution < 1.29 is 14.1 Å². The van der Waals surface area contributed by atoms with E-state index in [1.807, 2.05) is 83.6 Å². The molecule has 0 spiro atoms. The van der Waals surface area contributed by atoms with Gasteiger partial charge in [-0.05, 0) is 29.7 Å². The van der Waals surface area contributed by atoms with Crippen LogP contribution in [-0.4, -0.2) is 5.78 Å². The number of Topliss-reactive ketones (excluding diaryl/α,β-unsaturated/α-hetero) is 1. The summed E-state index contributed by atoms with van der Waals surface area (Å²) < 4.78 is 8.00. The van der Waals surface area contributed by atoms with Crippen molar-refractivity contribution in [3.05, 3.63) is 102 Å². The van der Waals surface area contributed by atoms with Crippen LogP contribution in [0.25, 0.3) is 10.8 Å². The zero-order valence-corrected chi connectivity index (χ0v) is 15.3. The molecule has 132 valence electrons. The fourth-order valence-corrected chi connectivity index (χ4v) is 3.16. The first-order valence-corrected chi connectivity index (χ1v) is 9.01. The van der Waals surface area contributed by atoms with E-state index in [9.17, 15) is 4.79 Å². The third-order valence-corrected chi connectivity index (χ3v) is 4.54. The Balaban J connectivity index is 1.76. The van der Waals surface area contributed by atoms with Crippen LogP contribution in [-0.2, 0) is 6.54 Å². The third-order valence-electron chi connectivity index (χ3n) is 4.31. The number of benzene rings is 3. The lowest BCUT2D eigenvalue weighted by atomic mass is 10.1. The van der Waals surface area contributed by atoms with E-state index in [0.717, 1.165) is 10.8 Å². The van der Waals surface area contributed by atoms with E-state index in [4.69, 9.17) is 16.3 Å². The average Bonchev–Trinajstić information content (AvgIpc) is 2.70. The Morgan fingerprint density at radius 2 is 1.67 bits per heavy atom. The van der Waals surface area contributed by atoms with Crippen LogP contribution in [0, 0.1) is 0 Å².